The van der Waals surface area contributed by atoms with Gasteiger partial charge in [0.25, 0.3) is 5.91 Å². The summed E-state index contributed by atoms with van der Waals surface area (Å²) in [6, 6.07) is 13.7. The maximum absolute atomic E-state index is 12.3. The summed E-state index contributed by atoms with van der Waals surface area (Å²) in [7, 11) is 1.47. The van der Waals surface area contributed by atoms with Gasteiger partial charge in [0.2, 0.25) is 0 Å². The van der Waals surface area contributed by atoms with Crippen molar-refractivity contribution >= 4 is 34.0 Å². The Hall–Kier alpha value is -3.52. The number of nitrogens with zero attached hydrogens (tertiary/aromatic N) is 2. The zero-order valence-electron chi connectivity index (χ0n) is 16.3. The molecular weight excluding hydrogens is 450 g/mol. The van der Waals surface area contributed by atoms with Crippen LogP contribution in [0, 0.1) is 6.92 Å². The van der Waals surface area contributed by atoms with Crippen LogP contribution in [0.15, 0.2) is 70.5 Å². The Bertz CT molecular complexity index is 1100. The van der Waals surface area contributed by atoms with E-state index >= 15 is 0 Å². The molecule has 30 heavy (non-hydrogen) atoms. The number of halogens is 1. The van der Waals surface area contributed by atoms with Crippen LogP contribution < -0.4 is 14.9 Å². The van der Waals surface area contributed by atoms with E-state index in [1.54, 1.807) is 42.6 Å². The second-order valence-electron chi connectivity index (χ2n) is 6.26. The van der Waals surface area contributed by atoms with Crippen molar-refractivity contribution in [3.63, 3.8) is 0 Å². The lowest BCUT2D eigenvalue weighted by molar-refractivity contribution is 0.0729. The molecule has 0 radical (unpaired) electrons. The number of aryl methyl sites for hydroxylation is 1. The molecule has 3 aromatic rings. The predicted molar refractivity (Wildman–Crippen MR) is 116 cm³/mol. The molecular formula is C22H18BrN3O4. The van der Waals surface area contributed by atoms with E-state index in [0.29, 0.717) is 26.9 Å². The number of aromatic nitrogens is 1. The van der Waals surface area contributed by atoms with Gasteiger partial charge in [0.05, 0.1) is 24.5 Å². The number of carbonyl (C=O) groups is 2. The van der Waals surface area contributed by atoms with Crippen molar-refractivity contribution in [2.75, 3.05) is 7.11 Å². The standard InChI is InChI=1S/C22H18BrN3O4/c1-14-3-6-16(7-4-14)22(28)30-19-8-5-15(9-20(19)29-2)11-25-26-21(27)17-10-18(23)13-24-12-17/h3-13H,1-2H3,(H,26,27)/b25-11-. The number of hydrogen-bond acceptors (Lipinski definition) is 6. The molecule has 0 spiro atoms. The molecule has 0 aliphatic heterocycles. The second-order valence-corrected chi connectivity index (χ2v) is 7.17. The first-order valence-corrected chi connectivity index (χ1v) is 9.66. The summed E-state index contributed by atoms with van der Waals surface area (Å²) in [5.74, 6) is -0.230. The number of methoxy groups -OCH3 is 1. The summed E-state index contributed by atoms with van der Waals surface area (Å²) < 4.78 is 11.4. The van der Waals surface area contributed by atoms with Crippen LogP contribution in [0.4, 0.5) is 0 Å². The van der Waals surface area contributed by atoms with Gasteiger partial charge in [-0.2, -0.15) is 5.10 Å². The first-order valence-electron chi connectivity index (χ1n) is 8.87. The number of nitrogens with one attached hydrogen (secondary N) is 1. The molecule has 0 aliphatic rings. The van der Waals surface area contributed by atoms with E-state index in [0.717, 1.165) is 5.56 Å². The van der Waals surface area contributed by atoms with Crippen LogP contribution >= 0.6 is 15.9 Å². The number of carbonyl (C=O) groups excluding carboxylic acids is 2. The van der Waals surface area contributed by atoms with Crippen LogP contribution in [0.1, 0.15) is 31.8 Å². The molecule has 8 heteroatoms. The molecule has 2 aromatic carbocycles. The van der Waals surface area contributed by atoms with E-state index in [1.165, 1.54) is 19.5 Å². The van der Waals surface area contributed by atoms with E-state index in [2.05, 4.69) is 31.4 Å². The molecule has 0 aliphatic carbocycles. The van der Waals surface area contributed by atoms with Gasteiger partial charge < -0.3 is 9.47 Å². The normalized spacial score (nSPS) is 10.6. The lowest BCUT2D eigenvalue weighted by Gasteiger charge is -2.10. The van der Waals surface area contributed by atoms with Gasteiger partial charge in [-0.15, -0.1) is 0 Å². The largest absolute Gasteiger partial charge is 0.493 e. The van der Waals surface area contributed by atoms with Gasteiger partial charge in [-0.3, -0.25) is 9.78 Å². The highest BCUT2D eigenvalue weighted by Crippen LogP contribution is 2.28. The van der Waals surface area contributed by atoms with Crippen molar-refractivity contribution in [3.05, 3.63) is 87.7 Å². The molecule has 152 valence electrons. The number of ether oxygens (including phenoxy) is 2. The second kappa shape index (κ2) is 9.80. The van der Waals surface area contributed by atoms with Gasteiger partial charge in [-0.05, 0) is 64.8 Å². The Morgan fingerprint density at radius 2 is 1.80 bits per heavy atom. The van der Waals surface area contributed by atoms with Gasteiger partial charge in [-0.1, -0.05) is 17.7 Å². The fourth-order valence-corrected chi connectivity index (χ4v) is 2.83. The van der Waals surface area contributed by atoms with Crippen LogP contribution in [-0.2, 0) is 0 Å². The maximum Gasteiger partial charge on any atom is 0.343 e. The third-order valence-corrected chi connectivity index (χ3v) is 4.46. The number of rotatable bonds is 6. The van der Waals surface area contributed by atoms with Gasteiger partial charge in [-0.25, -0.2) is 10.2 Å². The Labute approximate surface area is 181 Å². The van der Waals surface area contributed by atoms with E-state index < -0.39 is 11.9 Å². The average molecular weight is 468 g/mol. The summed E-state index contributed by atoms with van der Waals surface area (Å²) in [4.78, 5) is 28.3. The monoisotopic (exact) mass is 467 g/mol. The smallest absolute Gasteiger partial charge is 0.343 e. The van der Waals surface area contributed by atoms with Crippen LogP contribution in [0.3, 0.4) is 0 Å². The summed E-state index contributed by atoms with van der Waals surface area (Å²) in [6.45, 7) is 1.94. The molecule has 1 heterocycles. The third-order valence-electron chi connectivity index (χ3n) is 4.02. The number of benzene rings is 2. The number of hydrazone groups is 1. The van der Waals surface area contributed by atoms with Crippen molar-refractivity contribution in [1.82, 2.24) is 10.4 Å². The molecule has 1 aromatic heterocycles. The quantitative estimate of drug-likeness (QED) is 0.254. The number of esters is 1. The molecule has 1 amide bonds. The highest BCUT2D eigenvalue weighted by atomic mass is 79.9. The summed E-state index contributed by atoms with van der Waals surface area (Å²) >= 11 is 3.26. The lowest BCUT2D eigenvalue weighted by Crippen LogP contribution is -2.17. The van der Waals surface area contributed by atoms with Crippen molar-refractivity contribution in [1.29, 1.82) is 0 Å². The number of amides is 1. The minimum atomic E-state index is -0.482. The molecule has 0 unspecified atom stereocenters. The fraction of sp³-hybridized carbons (Fsp3) is 0.0909. The SMILES string of the molecule is COc1cc(/C=N\NC(=O)c2cncc(Br)c2)ccc1OC(=O)c1ccc(C)cc1. The Morgan fingerprint density at radius 3 is 2.50 bits per heavy atom. The molecule has 0 bridgehead atoms. The van der Waals surface area contributed by atoms with Crippen molar-refractivity contribution in [2.45, 2.75) is 6.92 Å². The number of hydrogen-bond donors (Lipinski definition) is 1. The van der Waals surface area contributed by atoms with Crippen molar-refractivity contribution in [2.24, 2.45) is 5.10 Å². The molecule has 7 nitrogen and oxygen atoms in total. The number of pyridine rings is 1. The van der Waals surface area contributed by atoms with Crippen LogP contribution in [0.2, 0.25) is 0 Å². The van der Waals surface area contributed by atoms with E-state index in [9.17, 15) is 9.59 Å². The Morgan fingerprint density at radius 1 is 1.03 bits per heavy atom. The van der Waals surface area contributed by atoms with Crippen LogP contribution in [-0.4, -0.2) is 30.2 Å². The first-order chi connectivity index (χ1) is 14.5. The zero-order chi connectivity index (χ0) is 21.5. The highest BCUT2D eigenvalue weighted by Gasteiger charge is 2.13. The average Bonchev–Trinajstić information content (AvgIpc) is 2.75. The van der Waals surface area contributed by atoms with Gasteiger partial charge in [0, 0.05) is 16.9 Å². The Kier molecular flexibility index (Phi) is 6.92. The summed E-state index contributed by atoms with van der Waals surface area (Å²) in [5.41, 5.74) is 4.94. The lowest BCUT2D eigenvalue weighted by atomic mass is 10.1. The topological polar surface area (TPSA) is 89.9 Å². The summed E-state index contributed by atoms with van der Waals surface area (Å²) in [6.07, 6.45) is 4.48. The van der Waals surface area contributed by atoms with Crippen LogP contribution in [0.25, 0.3) is 0 Å². The Balaban J connectivity index is 1.67. The minimum Gasteiger partial charge on any atom is -0.493 e. The first kappa shape index (κ1) is 21.2. The maximum atomic E-state index is 12.3. The molecule has 1 N–H and O–H groups in total. The van der Waals surface area contributed by atoms with Crippen molar-refractivity contribution in [3.8, 4) is 11.5 Å². The molecule has 0 saturated heterocycles. The molecule has 0 atom stereocenters. The predicted octanol–water partition coefficient (Wildman–Crippen LogP) is 4.14. The summed E-state index contributed by atoms with van der Waals surface area (Å²) in [5, 5.41) is 3.94. The van der Waals surface area contributed by atoms with Crippen molar-refractivity contribution < 1.29 is 19.1 Å². The molecule has 0 fully saturated rings. The van der Waals surface area contributed by atoms with E-state index in [4.69, 9.17) is 9.47 Å². The zero-order valence-corrected chi connectivity index (χ0v) is 17.8. The van der Waals surface area contributed by atoms with Crippen LogP contribution in [0.5, 0.6) is 11.5 Å². The fourth-order valence-electron chi connectivity index (χ4n) is 2.46. The molecule has 3 rings (SSSR count). The van der Waals surface area contributed by atoms with E-state index in [1.807, 2.05) is 19.1 Å². The highest BCUT2D eigenvalue weighted by molar-refractivity contribution is 9.10. The van der Waals surface area contributed by atoms with Gasteiger partial charge >= 0.3 is 5.97 Å². The van der Waals surface area contributed by atoms with E-state index in [-0.39, 0.29) is 5.75 Å². The van der Waals surface area contributed by atoms with Gasteiger partial charge in [0.15, 0.2) is 11.5 Å². The van der Waals surface area contributed by atoms with Gasteiger partial charge in [0.1, 0.15) is 0 Å². The molecule has 0 saturated carbocycles. The third kappa shape index (κ3) is 5.51. The minimum absolute atomic E-state index is 0.282.